The zero-order valence-corrected chi connectivity index (χ0v) is 16.0. The molecule has 0 saturated heterocycles. The van der Waals surface area contributed by atoms with Crippen LogP contribution in [0.15, 0.2) is 30.5 Å². The normalized spacial score (nSPS) is 11.4. The fraction of sp³-hybridized carbons (Fsp3) is 0.591. The lowest BCUT2D eigenvalue weighted by Gasteiger charge is -2.07. The van der Waals surface area contributed by atoms with E-state index in [2.05, 4.69) is 6.92 Å². The largest absolute Gasteiger partial charge is 0.501 e. The van der Waals surface area contributed by atoms with Crippen LogP contribution in [-0.2, 0) is 9.53 Å². The van der Waals surface area contributed by atoms with Crippen molar-refractivity contribution in [3.8, 4) is 5.75 Å². The molecule has 140 valence electrons. The van der Waals surface area contributed by atoms with Gasteiger partial charge in [0, 0.05) is 0 Å². The predicted octanol–water partition coefficient (Wildman–Crippen LogP) is 6.17. The molecule has 1 aromatic carbocycles. The molecule has 0 unspecified atom stereocenters. The zero-order chi connectivity index (χ0) is 18.2. The highest BCUT2D eigenvalue weighted by Crippen LogP contribution is 2.18. The second kappa shape index (κ2) is 14.6. The number of hydrogen-bond acceptors (Lipinski definition) is 3. The molecule has 0 radical (unpaired) electrons. The second-order valence-corrected chi connectivity index (χ2v) is 6.35. The molecule has 3 nitrogen and oxygen atoms in total. The highest BCUT2D eigenvalue weighted by Gasteiger charge is 2.02. The first-order valence-electron chi connectivity index (χ1n) is 9.82. The smallest absolute Gasteiger partial charge is 0.153 e. The number of carbonyl (C=O) groups is 1. The lowest BCUT2D eigenvalue weighted by molar-refractivity contribution is -0.103. The van der Waals surface area contributed by atoms with Gasteiger partial charge in [-0.1, -0.05) is 70.4 Å². The van der Waals surface area contributed by atoms with Gasteiger partial charge in [0.25, 0.3) is 0 Å². The molecular weight excluding hydrogens is 312 g/mol. The Labute approximate surface area is 153 Å². The van der Waals surface area contributed by atoms with Crippen LogP contribution >= 0.6 is 0 Å². The molecule has 0 aliphatic carbocycles. The van der Waals surface area contributed by atoms with E-state index >= 15 is 0 Å². The third-order valence-corrected chi connectivity index (χ3v) is 4.21. The number of hydrogen-bond donors (Lipinski definition) is 0. The average molecular weight is 347 g/mol. The van der Waals surface area contributed by atoms with E-state index in [9.17, 15) is 4.79 Å². The van der Waals surface area contributed by atoms with Crippen LogP contribution in [0.5, 0.6) is 5.75 Å². The van der Waals surface area contributed by atoms with Crippen LogP contribution in [0.2, 0.25) is 0 Å². The Balaban J connectivity index is 2.16. The average Bonchev–Trinajstić information content (AvgIpc) is 2.65. The quantitative estimate of drug-likeness (QED) is 0.165. The fourth-order valence-electron chi connectivity index (χ4n) is 2.68. The second-order valence-electron chi connectivity index (χ2n) is 6.35. The van der Waals surface area contributed by atoms with Crippen molar-refractivity contribution in [1.82, 2.24) is 0 Å². The van der Waals surface area contributed by atoms with Crippen molar-refractivity contribution < 1.29 is 14.3 Å². The maximum Gasteiger partial charge on any atom is 0.153 e. The van der Waals surface area contributed by atoms with Crippen molar-refractivity contribution >= 4 is 11.9 Å². The summed E-state index contributed by atoms with van der Waals surface area (Å²) >= 11 is 0. The minimum atomic E-state index is 0.548. The molecule has 0 spiro atoms. The summed E-state index contributed by atoms with van der Waals surface area (Å²) in [5, 5.41) is 0. The van der Waals surface area contributed by atoms with Crippen LogP contribution in [-0.4, -0.2) is 19.5 Å². The van der Waals surface area contributed by atoms with Gasteiger partial charge in [0.1, 0.15) is 5.75 Å². The maximum atomic E-state index is 11.1. The first kappa shape index (κ1) is 21.3. The molecule has 0 saturated carbocycles. The summed E-state index contributed by atoms with van der Waals surface area (Å²) in [7, 11) is 0. The third-order valence-electron chi connectivity index (χ3n) is 4.21. The van der Waals surface area contributed by atoms with Crippen LogP contribution in [0.3, 0.4) is 0 Å². The van der Waals surface area contributed by atoms with Gasteiger partial charge in [-0.25, -0.2) is 0 Å². The Bertz CT molecular complexity index is 477. The molecule has 1 rings (SSSR count). The molecule has 0 fully saturated rings. The Kier molecular flexibility index (Phi) is 12.4. The van der Waals surface area contributed by atoms with Crippen molar-refractivity contribution in [1.29, 1.82) is 0 Å². The minimum Gasteiger partial charge on any atom is -0.501 e. The molecule has 0 aliphatic rings. The van der Waals surface area contributed by atoms with Gasteiger partial charge in [-0.3, -0.25) is 4.79 Å². The molecule has 0 heterocycles. The molecular formula is C22H34O3. The number of aldehydes is 1. The monoisotopic (exact) mass is 346 g/mol. The Hall–Kier alpha value is -1.77. The van der Waals surface area contributed by atoms with E-state index < -0.39 is 0 Å². The van der Waals surface area contributed by atoms with Crippen LogP contribution in [0.1, 0.15) is 77.2 Å². The SMILES string of the molecule is CCCCCCCCCCCOc1ccc(/C(C=O)=C\OCC)cc1. The van der Waals surface area contributed by atoms with E-state index in [0.717, 1.165) is 30.6 Å². The highest BCUT2D eigenvalue weighted by molar-refractivity contribution is 6.06. The Morgan fingerprint density at radius 2 is 1.48 bits per heavy atom. The van der Waals surface area contributed by atoms with Gasteiger partial charge < -0.3 is 9.47 Å². The number of benzene rings is 1. The first-order chi connectivity index (χ1) is 12.3. The Morgan fingerprint density at radius 3 is 2.04 bits per heavy atom. The van der Waals surface area contributed by atoms with Crippen molar-refractivity contribution in [3.63, 3.8) is 0 Å². The predicted molar refractivity (Wildman–Crippen MR) is 105 cm³/mol. The van der Waals surface area contributed by atoms with E-state index in [1.165, 1.54) is 57.6 Å². The first-order valence-corrected chi connectivity index (χ1v) is 9.82. The third kappa shape index (κ3) is 9.96. The Morgan fingerprint density at radius 1 is 0.880 bits per heavy atom. The zero-order valence-electron chi connectivity index (χ0n) is 16.0. The standard InChI is InChI=1S/C22H34O3/c1-3-5-6-7-8-9-10-11-12-17-25-22-15-13-20(14-16-22)21(18-23)19-24-4-2/h13-16,18-19H,3-12,17H2,1-2H3/b21-19-. The topological polar surface area (TPSA) is 35.5 Å². The summed E-state index contributed by atoms with van der Waals surface area (Å²) in [6.45, 7) is 5.45. The lowest BCUT2D eigenvalue weighted by Crippen LogP contribution is -1.97. The van der Waals surface area contributed by atoms with E-state index in [0.29, 0.717) is 12.2 Å². The molecule has 0 atom stereocenters. The molecule has 0 bridgehead atoms. The van der Waals surface area contributed by atoms with E-state index in [-0.39, 0.29) is 0 Å². The fourth-order valence-corrected chi connectivity index (χ4v) is 2.68. The van der Waals surface area contributed by atoms with Crippen molar-refractivity contribution in [2.45, 2.75) is 71.6 Å². The van der Waals surface area contributed by atoms with E-state index in [4.69, 9.17) is 9.47 Å². The van der Waals surface area contributed by atoms with Gasteiger partial charge in [-0.15, -0.1) is 0 Å². The van der Waals surface area contributed by atoms with Gasteiger partial charge in [0.2, 0.25) is 0 Å². The number of unbranched alkanes of at least 4 members (excludes halogenated alkanes) is 8. The van der Waals surface area contributed by atoms with Gasteiger partial charge in [0.15, 0.2) is 6.29 Å². The maximum absolute atomic E-state index is 11.1. The summed E-state index contributed by atoms with van der Waals surface area (Å²) in [5.74, 6) is 0.852. The summed E-state index contributed by atoms with van der Waals surface area (Å²) in [5.41, 5.74) is 1.39. The summed E-state index contributed by atoms with van der Waals surface area (Å²) < 4.78 is 11.0. The summed E-state index contributed by atoms with van der Waals surface area (Å²) in [4.78, 5) is 11.1. The molecule has 25 heavy (non-hydrogen) atoms. The molecule has 3 heteroatoms. The highest BCUT2D eigenvalue weighted by atomic mass is 16.5. The number of allylic oxidation sites excluding steroid dienone is 1. The van der Waals surface area contributed by atoms with Gasteiger partial charge in [-0.05, 0) is 31.0 Å². The molecule has 0 amide bonds. The van der Waals surface area contributed by atoms with Gasteiger partial charge in [-0.2, -0.15) is 0 Å². The number of rotatable bonds is 15. The van der Waals surface area contributed by atoms with Crippen LogP contribution in [0.25, 0.3) is 5.57 Å². The van der Waals surface area contributed by atoms with Crippen molar-refractivity contribution in [2.75, 3.05) is 13.2 Å². The molecule has 0 N–H and O–H groups in total. The molecule has 0 aromatic heterocycles. The van der Waals surface area contributed by atoms with Crippen LogP contribution in [0, 0.1) is 0 Å². The number of carbonyl (C=O) groups excluding carboxylic acids is 1. The van der Waals surface area contributed by atoms with Crippen LogP contribution in [0.4, 0.5) is 0 Å². The molecule has 1 aromatic rings. The number of ether oxygens (including phenoxy) is 2. The van der Waals surface area contributed by atoms with E-state index in [1.54, 1.807) is 0 Å². The van der Waals surface area contributed by atoms with Crippen LogP contribution < -0.4 is 4.74 Å². The lowest BCUT2D eigenvalue weighted by atomic mass is 10.1. The minimum absolute atomic E-state index is 0.548. The van der Waals surface area contributed by atoms with Gasteiger partial charge >= 0.3 is 0 Å². The van der Waals surface area contributed by atoms with Gasteiger partial charge in [0.05, 0.1) is 25.0 Å². The summed E-state index contributed by atoms with van der Waals surface area (Å²) in [6, 6.07) is 7.61. The summed E-state index contributed by atoms with van der Waals surface area (Å²) in [6.07, 6.45) is 14.1. The van der Waals surface area contributed by atoms with E-state index in [1.807, 2.05) is 31.2 Å². The van der Waals surface area contributed by atoms with Crippen molar-refractivity contribution in [3.05, 3.63) is 36.1 Å². The molecule has 0 aliphatic heterocycles. The van der Waals surface area contributed by atoms with Crippen molar-refractivity contribution in [2.24, 2.45) is 0 Å².